The first-order valence-electron chi connectivity index (χ1n) is 5.24. The van der Waals surface area contributed by atoms with Gasteiger partial charge in [0, 0.05) is 12.0 Å². The summed E-state index contributed by atoms with van der Waals surface area (Å²) in [4.78, 5) is 0. The lowest BCUT2D eigenvalue weighted by Gasteiger charge is -2.10. The number of aliphatic hydroxyl groups excluding tert-OH is 1. The molecule has 0 spiro atoms. The molecule has 0 aliphatic rings. The third-order valence-electron chi connectivity index (χ3n) is 2.67. The predicted molar refractivity (Wildman–Crippen MR) is 63.5 cm³/mol. The lowest BCUT2D eigenvalue weighted by atomic mass is 10.0. The predicted octanol–water partition coefficient (Wildman–Crippen LogP) is 3.66. The van der Waals surface area contributed by atoms with Gasteiger partial charge in [0.1, 0.15) is 11.6 Å². The first kappa shape index (κ1) is 12.1. The SMILES string of the molecule is Cc1occc1C(O)Cc1ccc(F)c(Cl)c1. The van der Waals surface area contributed by atoms with E-state index in [1.165, 1.54) is 18.4 Å². The van der Waals surface area contributed by atoms with Crippen molar-refractivity contribution in [3.05, 3.63) is 58.3 Å². The zero-order valence-electron chi connectivity index (χ0n) is 9.28. The first-order chi connectivity index (χ1) is 8.08. The van der Waals surface area contributed by atoms with Gasteiger partial charge >= 0.3 is 0 Å². The van der Waals surface area contributed by atoms with Gasteiger partial charge < -0.3 is 9.52 Å². The van der Waals surface area contributed by atoms with Crippen molar-refractivity contribution >= 4 is 11.6 Å². The average molecular weight is 255 g/mol. The molecule has 0 bridgehead atoms. The molecule has 0 saturated heterocycles. The Balaban J connectivity index is 2.16. The van der Waals surface area contributed by atoms with Crippen LogP contribution in [0.4, 0.5) is 4.39 Å². The Hall–Kier alpha value is -1.32. The fourth-order valence-electron chi connectivity index (χ4n) is 1.74. The van der Waals surface area contributed by atoms with Crippen molar-refractivity contribution in [3.8, 4) is 0 Å². The van der Waals surface area contributed by atoms with Crippen LogP contribution in [0.15, 0.2) is 34.9 Å². The number of hydrogen-bond donors (Lipinski definition) is 1. The number of aryl methyl sites for hydroxylation is 1. The Morgan fingerprint density at radius 3 is 2.76 bits per heavy atom. The molecule has 0 amide bonds. The zero-order valence-corrected chi connectivity index (χ0v) is 10.0. The van der Waals surface area contributed by atoms with Crippen LogP contribution in [0.5, 0.6) is 0 Å². The van der Waals surface area contributed by atoms with Gasteiger partial charge in [0.2, 0.25) is 0 Å². The second-order valence-electron chi connectivity index (χ2n) is 3.90. The molecule has 0 aliphatic heterocycles. The molecule has 1 atom stereocenters. The van der Waals surface area contributed by atoms with Crippen LogP contribution in [0.1, 0.15) is 23.0 Å². The fraction of sp³-hybridized carbons (Fsp3) is 0.231. The van der Waals surface area contributed by atoms with E-state index < -0.39 is 11.9 Å². The van der Waals surface area contributed by atoms with Crippen LogP contribution in [0.2, 0.25) is 5.02 Å². The number of hydrogen-bond acceptors (Lipinski definition) is 2. The first-order valence-corrected chi connectivity index (χ1v) is 5.61. The Morgan fingerprint density at radius 2 is 2.18 bits per heavy atom. The minimum Gasteiger partial charge on any atom is -0.469 e. The molecular weight excluding hydrogens is 243 g/mol. The van der Waals surface area contributed by atoms with Crippen molar-refractivity contribution < 1.29 is 13.9 Å². The molecule has 0 radical (unpaired) electrons. The third-order valence-corrected chi connectivity index (χ3v) is 2.96. The Morgan fingerprint density at radius 1 is 1.41 bits per heavy atom. The number of aliphatic hydroxyl groups is 1. The van der Waals surface area contributed by atoms with E-state index in [1.54, 1.807) is 19.1 Å². The van der Waals surface area contributed by atoms with E-state index in [-0.39, 0.29) is 5.02 Å². The van der Waals surface area contributed by atoms with Crippen molar-refractivity contribution in [2.24, 2.45) is 0 Å². The second-order valence-corrected chi connectivity index (χ2v) is 4.31. The highest BCUT2D eigenvalue weighted by molar-refractivity contribution is 6.30. The van der Waals surface area contributed by atoms with E-state index in [1.807, 2.05) is 0 Å². The summed E-state index contributed by atoms with van der Waals surface area (Å²) in [6, 6.07) is 6.16. The van der Waals surface area contributed by atoms with E-state index in [2.05, 4.69) is 0 Å². The Labute approximate surface area is 104 Å². The largest absolute Gasteiger partial charge is 0.469 e. The number of benzene rings is 1. The highest BCUT2D eigenvalue weighted by Crippen LogP contribution is 2.24. The van der Waals surface area contributed by atoms with Crippen molar-refractivity contribution in [3.63, 3.8) is 0 Å². The molecule has 0 fully saturated rings. The summed E-state index contributed by atoms with van der Waals surface area (Å²) in [5, 5.41) is 10.1. The normalized spacial score (nSPS) is 12.7. The van der Waals surface area contributed by atoms with Gasteiger partial charge in [-0.1, -0.05) is 17.7 Å². The summed E-state index contributed by atoms with van der Waals surface area (Å²) < 4.78 is 18.1. The van der Waals surface area contributed by atoms with Gasteiger partial charge in [0.15, 0.2) is 0 Å². The average Bonchev–Trinajstić information content (AvgIpc) is 2.70. The van der Waals surface area contributed by atoms with E-state index in [0.29, 0.717) is 12.2 Å². The van der Waals surface area contributed by atoms with Gasteiger partial charge in [-0.25, -0.2) is 4.39 Å². The van der Waals surface area contributed by atoms with Gasteiger partial charge in [-0.2, -0.15) is 0 Å². The molecule has 1 unspecified atom stereocenters. The van der Waals surface area contributed by atoms with E-state index in [4.69, 9.17) is 16.0 Å². The number of furan rings is 1. The van der Waals surface area contributed by atoms with Gasteiger partial charge in [-0.3, -0.25) is 0 Å². The molecule has 4 heteroatoms. The fourth-order valence-corrected chi connectivity index (χ4v) is 1.94. The van der Waals surface area contributed by atoms with Gasteiger partial charge in [-0.05, 0) is 30.7 Å². The van der Waals surface area contributed by atoms with Gasteiger partial charge in [0.25, 0.3) is 0 Å². The van der Waals surface area contributed by atoms with E-state index in [0.717, 1.165) is 11.1 Å². The zero-order chi connectivity index (χ0) is 12.4. The van der Waals surface area contributed by atoms with Crippen LogP contribution >= 0.6 is 11.6 Å². The molecule has 1 aromatic carbocycles. The summed E-state index contributed by atoms with van der Waals surface area (Å²) >= 11 is 5.68. The van der Waals surface area contributed by atoms with Crippen LogP contribution in [0.25, 0.3) is 0 Å². The maximum Gasteiger partial charge on any atom is 0.141 e. The molecule has 17 heavy (non-hydrogen) atoms. The van der Waals surface area contributed by atoms with Crippen LogP contribution in [-0.4, -0.2) is 5.11 Å². The van der Waals surface area contributed by atoms with Crippen LogP contribution < -0.4 is 0 Å². The smallest absolute Gasteiger partial charge is 0.141 e. The summed E-state index contributed by atoms with van der Waals surface area (Å²) in [5.74, 6) is 0.232. The summed E-state index contributed by atoms with van der Waals surface area (Å²) in [7, 11) is 0. The molecule has 0 saturated carbocycles. The molecule has 90 valence electrons. The molecule has 1 heterocycles. The topological polar surface area (TPSA) is 33.4 Å². The number of halogens is 2. The summed E-state index contributed by atoms with van der Waals surface area (Å²) in [5.41, 5.74) is 1.52. The van der Waals surface area contributed by atoms with Crippen molar-refractivity contribution in [1.82, 2.24) is 0 Å². The van der Waals surface area contributed by atoms with Crippen molar-refractivity contribution in [1.29, 1.82) is 0 Å². The third kappa shape index (κ3) is 2.68. The second kappa shape index (κ2) is 4.90. The van der Waals surface area contributed by atoms with E-state index in [9.17, 15) is 9.50 Å². The van der Waals surface area contributed by atoms with E-state index >= 15 is 0 Å². The number of rotatable bonds is 3. The van der Waals surface area contributed by atoms with Gasteiger partial charge in [-0.15, -0.1) is 0 Å². The lowest BCUT2D eigenvalue weighted by molar-refractivity contribution is 0.176. The summed E-state index contributed by atoms with van der Waals surface area (Å²) in [6.45, 7) is 1.79. The maximum atomic E-state index is 13.0. The van der Waals surface area contributed by atoms with Crippen LogP contribution in [0.3, 0.4) is 0 Å². The molecule has 2 aromatic rings. The van der Waals surface area contributed by atoms with Crippen LogP contribution in [0, 0.1) is 12.7 Å². The van der Waals surface area contributed by atoms with Gasteiger partial charge in [0.05, 0.1) is 17.4 Å². The highest BCUT2D eigenvalue weighted by Gasteiger charge is 2.14. The monoisotopic (exact) mass is 254 g/mol. The molecular formula is C13H12ClFO2. The molecule has 1 N–H and O–H groups in total. The maximum absolute atomic E-state index is 13.0. The molecule has 2 nitrogen and oxygen atoms in total. The van der Waals surface area contributed by atoms with Crippen molar-refractivity contribution in [2.75, 3.05) is 0 Å². The summed E-state index contributed by atoms with van der Waals surface area (Å²) in [6.07, 6.45) is 1.24. The molecule has 0 aliphatic carbocycles. The van der Waals surface area contributed by atoms with Crippen molar-refractivity contribution in [2.45, 2.75) is 19.4 Å². The minimum absolute atomic E-state index is 0.0682. The standard InChI is InChI=1S/C13H12ClFO2/c1-8-10(4-5-17-8)13(16)7-9-2-3-12(15)11(14)6-9/h2-6,13,16H,7H2,1H3. The van der Waals surface area contributed by atoms with Crippen LogP contribution in [-0.2, 0) is 6.42 Å². The molecule has 2 rings (SSSR count). The Bertz CT molecular complexity index is 522. The lowest BCUT2D eigenvalue weighted by Crippen LogP contribution is -2.02. The highest BCUT2D eigenvalue weighted by atomic mass is 35.5. The Kier molecular flexibility index (Phi) is 3.50. The minimum atomic E-state index is -0.671. The molecule has 1 aromatic heterocycles. The quantitative estimate of drug-likeness (QED) is 0.907.